The first-order chi connectivity index (χ1) is 12.9. The number of hydrogen-bond donors (Lipinski definition) is 1. The van der Waals surface area contributed by atoms with Crippen LogP contribution in [0.15, 0.2) is 45.6 Å². The van der Waals surface area contributed by atoms with Crippen LogP contribution in [0, 0.1) is 0 Å². The van der Waals surface area contributed by atoms with Gasteiger partial charge in [0, 0.05) is 12.1 Å². The maximum atomic E-state index is 13.1. The largest absolute Gasteiger partial charge is 0.504 e. The van der Waals surface area contributed by atoms with Crippen molar-refractivity contribution in [2.24, 2.45) is 0 Å². The van der Waals surface area contributed by atoms with Gasteiger partial charge in [0.25, 0.3) is 5.91 Å². The zero-order valence-electron chi connectivity index (χ0n) is 14.7. The average Bonchev–Trinajstić information content (AvgIpc) is 2.90. The molecule has 7 heteroatoms. The van der Waals surface area contributed by atoms with Gasteiger partial charge in [0.15, 0.2) is 16.9 Å². The smallest absolute Gasteiger partial charge is 0.290 e. The zero-order chi connectivity index (χ0) is 19.3. The lowest BCUT2D eigenvalue weighted by molar-refractivity contribution is 0.0771. The van der Waals surface area contributed by atoms with Crippen LogP contribution >= 0.6 is 11.6 Å². The van der Waals surface area contributed by atoms with Gasteiger partial charge in [-0.2, -0.15) is 0 Å². The number of phenolic OH excluding ortho intramolecular Hbond substituents is 1. The van der Waals surface area contributed by atoms with Gasteiger partial charge in [0.2, 0.25) is 5.76 Å². The molecular weight excluding hydrogens is 370 g/mol. The molecule has 2 aromatic carbocycles. The molecular formula is C20H16ClNO5. The maximum absolute atomic E-state index is 13.1. The molecule has 138 valence electrons. The van der Waals surface area contributed by atoms with Gasteiger partial charge in [-0.15, -0.1) is 0 Å². The molecule has 0 fully saturated rings. The van der Waals surface area contributed by atoms with Gasteiger partial charge in [0.05, 0.1) is 23.6 Å². The van der Waals surface area contributed by atoms with Crippen LogP contribution in [0.3, 0.4) is 0 Å². The van der Waals surface area contributed by atoms with Crippen molar-refractivity contribution in [3.63, 3.8) is 0 Å². The highest BCUT2D eigenvalue weighted by Gasteiger charge is 2.41. The van der Waals surface area contributed by atoms with E-state index in [-0.39, 0.29) is 34.2 Å². The van der Waals surface area contributed by atoms with Crippen molar-refractivity contribution in [1.82, 2.24) is 4.90 Å². The standard InChI is InChI=1S/C20H16ClNO5/c1-3-26-15-8-10(4-6-13(15)23)17-16-18(24)12-9-11(21)5-7-14(12)27-19(16)20(25)22(17)2/h4-9,17,23H,3H2,1-2H3. The molecule has 1 atom stereocenters. The van der Waals surface area contributed by atoms with E-state index >= 15 is 0 Å². The fourth-order valence-electron chi connectivity index (χ4n) is 3.42. The van der Waals surface area contributed by atoms with Gasteiger partial charge < -0.3 is 19.2 Å². The van der Waals surface area contributed by atoms with E-state index in [4.69, 9.17) is 20.8 Å². The summed E-state index contributed by atoms with van der Waals surface area (Å²) in [7, 11) is 1.60. The molecule has 0 radical (unpaired) electrons. The Bertz CT molecular complexity index is 1140. The second-order valence-electron chi connectivity index (χ2n) is 6.29. The number of phenols is 1. The van der Waals surface area contributed by atoms with Gasteiger partial charge in [-0.25, -0.2) is 0 Å². The molecule has 1 amide bonds. The van der Waals surface area contributed by atoms with Crippen LogP contribution in [0.4, 0.5) is 0 Å². The van der Waals surface area contributed by atoms with Gasteiger partial charge in [0.1, 0.15) is 5.58 Å². The number of rotatable bonds is 3. The molecule has 3 aromatic rings. The van der Waals surface area contributed by atoms with Crippen LogP contribution in [-0.2, 0) is 0 Å². The molecule has 6 nitrogen and oxygen atoms in total. The number of hydrogen-bond acceptors (Lipinski definition) is 5. The fourth-order valence-corrected chi connectivity index (χ4v) is 3.59. The molecule has 4 rings (SSSR count). The first kappa shape index (κ1) is 17.4. The predicted molar refractivity (Wildman–Crippen MR) is 101 cm³/mol. The summed E-state index contributed by atoms with van der Waals surface area (Å²) in [5, 5.41) is 10.7. The Morgan fingerprint density at radius 2 is 2.00 bits per heavy atom. The SMILES string of the molecule is CCOc1cc(C2c3c(oc4ccc(Cl)cc4c3=O)C(=O)N2C)ccc1O. The first-order valence-electron chi connectivity index (χ1n) is 8.41. The highest BCUT2D eigenvalue weighted by molar-refractivity contribution is 6.31. The van der Waals surface area contributed by atoms with Crippen molar-refractivity contribution in [2.75, 3.05) is 13.7 Å². The van der Waals surface area contributed by atoms with Gasteiger partial charge in [-0.1, -0.05) is 17.7 Å². The van der Waals surface area contributed by atoms with Crippen molar-refractivity contribution in [1.29, 1.82) is 0 Å². The Labute approximate surface area is 159 Å². The minimum Gasteiger partial charge on any atom is -0.504 e. The lowest BCUT2D eigenvalue weighted by Gasteiger charge is -2.21. The Kier molecular flexibility index (Phi) is 4.08. The molecule has 0 bridgehead atoms. The van der Waals surface area contributed by atoms with Gasteiger partial charge >= 0.3 is 0 Å². The molecule has 2 heterocycles. The fraction of sp³-hybridized carbons (Fsp3) is 0.200. The Morgan fingerprint density at radius 3 is 2.74 bits per heavy atom. The second-order valence-corrected chi connectivity index (χ2v) is 6.73. The summed E-state index contributed by atoms with van der Waals surface area (Å²) in [6.45, 7) is 2.18. The normalized spacial score (nSPS) is 16.0. The summed E-state index contributed by atoms with van der Waals surface area (Å²) in [6.07, 6.45) is 0. The lowest BCUT2D eigenvalue weighted by atomic mass is 9.98. The summed E-state index contributed by atoms with van der Waals surface area (Å²) in [6, 6.07) is 8.84. The number of ether oxygens (including phenoxy) is 1. The number of fused-ring (bicyclic) bond motifs is 2. The third kappa shape index (κ3) is 2.64. The molecule has 1 N–H and O–H groups in total. The third-order valence-electron chi connectivity index (χ3n) is 4.66. The number of aromatic hydroxyl groups is 1. The number of halogens is 1. The van der Waals surface area contributed by atoms with Crippen molar-refractivity contribution in [2.45, 2.75) is 13.0 Å². The van der Waals surface area contributed by atoms with Crippen LogP contribution in [0.1, 0.15) is 34.6 Å². The highest BCUT2D eigenvalue weighted by atomic mass is 35.5. The van der Waals surface area contributed by atoms with Crippen LogP contribution in [0.25, 0.3) is 11.0 Å². The molecule has 1 unspecified atom stereocenters. The van der Waals surface area contributed by atoms with Crippen LogP contribution in [-0.4, -0.2) is 29.6 Å². The van der Waals surface area contributed by atoms with E-state index in [0.717, 1.165) is 0 Å². The molecule has 1 aliphatic rings. The van der Waals surface area contributed by atoms with E-state index < -0.39 is 6.04 Å². The number of nitrogens with zero attached hydrogens (tertiary/aromatic N) is 1. The van der Waals surface area contributed by atoms with E-state index in [1.165, 1.54) is 17.0 Å². The monoisotopic (exact) mass is 385 g/mol. The number of amides is 1. The van der Waals surface area contributed by atoms with Crippen LogP contribution in [0.2, 0.25) is 5.02 Å². The van der Waals surface area contributed by atoms with E-state index in [2.05, 4.69) is 0 Å². The van der Waals surface area contributed by atoms with E-state index in [1.54, 1.807) is 38.2 Å². The maximum Gasteiger partial charge on any atom is 0.290 e. The molecule has 0 saturated heterocycles. The summed E-state index contributed by atoms with van der Waals surface area (Å²) >= 11 is 6.02. The number of carbonyl (C=O) groups is 1. The summed E-state index contributed by atoms with van der Waals surface area (Å²) < 4.78 is 11.2. The molecule has 1 aliphatic heterocycles. The van der Waals surface area contributed by atoms with Gasteiger partial charge in [-0.3, -0.25) is 9.59 Å². The number of benzene rings is 2. The molecule has 27 heavy (non-hydrogen) atoms. The summed E-state index contributed by atoms with van der Waals surface area (Å²) in [4.78, 5) is 27.3. The molecule has 1 aromatic heterocycles. The topological polar surface area (TPSA) is 80.0 Å². The van der Waals surface area contributed by atoms with E-state index in [1.807, 2.05) is 0 Å². The van der Waals surface area contributed by atoms with Crippen molar-refractivity contribution in [3.8, 4) is 11.5 Å². The minimum atomic E-state index is -0.646. The van der Waals surface area contributed by atoms with Crippen molar-refractivity contribution in [3.05, 3.63) is 68.5 Å². The van der Waals surface area contributed by atoms with Gasteiger partial charge in [-0.05, 0) is 42.8 Å². The Hall–Kier alpha value is -2.99. The predicted octanol–water partition coefficient (Wildman–Crippen LogP) is 3.73. The first-order valence-corrected chi connectivity index (χ1v) is 8.79. The molecule has 0 spiro atoms. The summed E-state index contributed by atoms with van der Waals surface area (Å²) in [5.74, 6) is -0.0778. The van der Waals surface area contributed by atoms with E-state index in [9.17, 15) is 14.7 Å². The highest BCUT2D eigenvalue weighted by Crippen LogP contribution is 2.39. The summed E-state index contributed by atoms with van der Waals surface area (Å²) in [5.41, 5.74) is 0.902. The van der Waals surface area contributed by atoms with Crippen LogP contribution < -0.4 is 10.2 Å². The van der Waals surface area contributed by atoms with Crippen LogP contribution in [0.5, 0.6) is 11.5 Å². The average molecular weight is 386 g/mol. The molecule has 0 saturated carbocycles. The lowest BCUT2D eigenvalue weighted by Crippen LogP contribution is -2.25. The Morgan fingerprint density at radius 1 is 1.22 bits per heavy atom. The molecule has 0 aliphatic carbocycles. The van der Waals surface area contributed by atoms with Crippen molar-refractivity contribution < 1.29 is 19.1 Å². The second kappa shape index (κ2) is 6.32. The Balaban J connectivity index is 1.97. The zero-order valence-corrected chi connectivity index (χ0v) is 15.4. The quantitative estimate of drug-likeness (QED) is 0.743. The third-order valence-corrected chi connectivity index (χ3v) is 4.90. The van der Waals surface area contributed by atoms with Crippen molar-refractivity contribution >= 4 is 28.5 Å². The minimum absolute atomic E-state index is 0.00914. The number of carbonyl (C=O) groups excluding carboxylic acids is 1. The van der Waals surface area contributed by atoms with E-state index in [0.29, 0.717) is 28.2 Å².